The van der Waals surface area contributed by atoms with Crippen molar-refractivity contribution in [3.63, 3.8) is 0 Å². The maximum absolute atomic E-state index is 12.8. The fraction of sp³-hybridized carbons (Fsp3) is 0.364. The Morgan fingerprint density at radius 3 is 1.92 bits per heavy atom. The molecule has 0 aliphatic heterocycles. The molecule has 1 aliphatic carbocycles. The summed E-state index contributed by atoms with van der Waals surface area (Å²) in [6.45, 7) is 8.23. The molecule has 0 spiro atoms. The van der Waals surface area contributed by atoms with Crippen LogP contribution in [0.3, 0.4) is 0 Å². The van der Waals surface area contributed by atoms with Gasteiger partial charge in [-0.25, -0.2) is 5.43 Å². The lowest BCUT2D eigenvalue weighted by Gasteiger charge is -2.19. The van der Waals surface area contributed by atoms with Crippen LogP contribution in [0.1, 0.15) is 45.2 Å². The van der Waals surface area contributed by atoms with Crippen LogP contribution in [0.4, 0.5) is 0 Å². The van der Waals surface area contributed by atoms with Gasteiger partial charge in [0.1, 0.15) is 0 Å². The highest BCUT2D eigenvalue weighted by Gasteiger charge is 2.60. The van der Waals surface area contributed by atoms with Crippen LogP contribution in [0.2, 0.25) is 0 Å². The molecule has 2 aromatic carbocycles. The largest absolute Gasteiger partial charge is 0.273 e. The van der Waals surface area contributed by atoms with E-state index in [9.17, 15) is 4.79 Å². The molecule has 0 saturated heterocycles. The third-order valence-electron chi connectivity index (χ3n) is 5.27. The van der Waals surface area contributed by atoms with Crippen LogP contribution in [0, 0.1) is 11.3 Å². The number of hydrazone groups is 1. The zero-order valence-corrected chi connectivity index (χ0v) is 15.4. The van der Waals surface area contributed by atoms with Gasteiger partial charge in [-0.2, -0.15) is 5.10 Å². The van der Waals surface area contributed by atoms with Crippen molar-refractivity contribution in [3.05, 3.63) is 71.8 Å². The predicted octanol–water partition coefficient (Wildman–Crippen LogP) is 4.53. The Hall–Kier alpha value is -2.42. The minimum Gasteiger partial charge on any atom is -0.273 e. The maximum atomic E-state index is 12.8. The number of hydrogen-bond donors (Lipinski definition) is 1. The minimum atomic E-state index is -0.238. The molecule has 1 saturated carbocycles. The lowest BCUT2D eigenvalue weighted by atomic mass is 9.85. The van der Waals surface area contributed by atoms with E-state index in [0.29, 0.717) is 0 Å². The third-order valence-corrected chi connectivity index (χ3v) is 5.27. The van der Waals surface area contributed by atoms with Gasteiger partial charge in [0, 0.05) is 16.5 Å². The van der Waals surface area contributed by atoms with E-state index >= 15 is 0 Å². The molecular weight excluding hydrogens is 308 g/mol. The topological polar surface area (TPSA) is 41.5 Å². The molecule has 0 heterocycles. The fourth-order valence-electron chi connectivity index (χ4n) is 3.24. The Bertz CT molecular complexity index is 733. The number of nitrogens with one attached hydrogen (secondary N) is 1. The van der Waals surface area contributed by atoms with Gasteiger partial charge in [0.15, 0.2) is 0 Å². The lowest BCUT2D eigenvalue weighted by Crippen LogP contribution is -2.28. The van der Waals surface area contributed by atoms with Gasteiger partial charge in [-0.3, -0.25) is 4.79 Å². The zero-order chi connectivity index (χ0) is 18.1. The summed E-state index contributed by atoms with van der Waals surface area (Å²) in [6, 6.07) is 20.6. The highest BCUT2D eigenvalue weighted by atomic mass is 16.2. The van der Waals surface area contributed by atoms with Crippen LogP contribution in [-0.2, 0) is 10.2 Å². The lowest BCUT2D eigenvalue weighted by molar-refractivity contribution is -0.122. The van der Waals surface area contributed by atoms with Crippen molar-refractivity contribution < 1.29 is 4.79 Å². The number of benzene rings is 2. The molecule has 3 nitrogen and oxygen atoms in total. The number of amides is 1. The second kappa shape index (κ2) is 6.47. The van der Waals surface area contributed by atoms with Gasteiger partial charge in [-0.15, -0.1) is 0 Å². The molecule has 0 aromatic heterocycles. The molecule has 0 unspecified atom stereocenters. The standard InChI is InChI=1S/C22H26N2O/c1-16(21(2,3)4)23-24-20(25)19-15-22(19,17-11-7-5-8-12-17)18-13-9-6-10-14-18/h5-14,19H,15H2,1-4H3,(H,24,25)/b23-16-/t19-/m0/s1. The molecule has 1 aliphatic rings. The predicted molar refractivity (Wildman–Crippen MR) is 102 cm³/mol. The monoisotopic (exact) mass is 334 g/mol. The average Bonchev–Trinajstić information content (AvgIpc) is 3.37. The normalized spacial score (nSPS) is 19.4. The Morgan fingerprint density at radius 2 is 1.48 bits per heavy atom. The van der Waals surface area contributed by atoms with Crippen LogP contribution in [0.15, 0.2) is 65.8 Å². The first-order valence-corrected chi connectivity index (χ1v) is 8.81. The van der Waals surface area contributed by atoms with E-state index in [1.807, 2.05) is 43.3 Å². The van der Waals surface area contributed by atoms with Gasteiger partial charge < -0.3 is 0 Å². The van der Waals surface area contributed by atoms with E-state index < -0.39 is 0 Å². The van der Waals surface area contributed by atoms with E-state index in [0.717, 1.165) is 12.1 Å². The van der Waals surface area contributed by atoms with Crippen molar-refractivity contribution >= 4 is 11.6 Å². The first-order valence-electron chi connectivity index (χ1n) is 8.81. The van der Waals surface area contributed by atoms with Gasteiger partial charge in [0.2, 0.25) is 5.91 Å². The molecule has 130 valence electrons. The average molecular weight is 334 g/mol. The molecule has 25 heavy (non-hydrogen) atoms. The van der Waals surface area contributed by atoms with Gasteiger partial charge in [-0.05, 0) is 24.5 Å². The molecule has 3 heteroatoms. The molecule has 1 atom stereocenters. The number of carbonyl (C=O) groups is 1. The van der Waals surface area contributed by atoms with Crippen LogP contribution >= 0.6 is 0 Å². The molecule has 3 rings (SSSR count). The highest BCUT2D eigenvalue weighted by molar-refractivity contribution is 5.90. The summed E-state index contributed by atoms with van der Waals surface area (Å²) in [5.74, 6) is -0.0925. The maximum Gasteiger partial charge on any atom is 0.244 e. The van der Waals surface area contributed by atoms with E-state index in [2.05, 4.69) is 55.6 Å². The van der Waals surface area contributed by atoms with E-state index in [4.69, 9.17) is 0 Å². The second-order valence-electron chi connectivity index (χ2n) is 7.88. The summed E-state index contributed by atoms with van der Waals surface area (Å²) >= 11 is 0. The minimum absolute atomic E-state index is 0.00342. The molecule has 1 amide bonds. The van der Waals surface area contributed by atoms with Crippen LogP contribution < -0.4 is 5.43 Å². The van der Waals surface area contributed by atoms with Gasteiger partial charge >= 0.3 is 0 Å². The van der Waals surface area contributed by atoms with Crippen molar-refractivity contribution in [2.24, 2.45) is 16.4 Å². The number of carbonyl (C=O) groups excluding carboxylic acids is 1. The number of hydrogen-bond acceptors (Lipinski definition) is 2. The second-order valence-corrected chi connectivity index (χ2v) is 7.88. The smallest absolute Gasteiger partial charge is 0.244 e. The number of rotatable bonds is 4. The summed E-state index contributed by atoms with van der Waals surface area (Å²) < 4.78 is 0. The Balaban J connectivity index is 1.87. The van der Waals surface area contributed by atoms with E-state index in [1.165, 1.54) is 11.1 Å². The quantitative estimate of drug-likeness (QED) is 0.648. The van der Waals surface area contributed by atoms with E-state index in [-0.39, 0.29) is 22.7 Å². The van der Waals surface area contributed by atoms with Crippen LogP contribution in [0.25, 0.3) is 0 Å². The Kier molecular flexibility index (Phi) is 4.51. The summed E-state index contributed by atoms with van der Waals surface area (Å²) in [4.78, 5) is 12.8. The first-order chi connectivity index (χ1) is 11.9. The SMILES string of the molecule is C/C(=N/NC(=O)[C@@H]1CC1(c1ccccc1)c1ccccc1)C(C)(C)C. The van der Waals surface area contributed by atoms with Gasteiger partial charge in [0.05, 0.1) is 5.92 Å². The van der Waals surface area contributed by atoms with E-state index in [1.54, 1.807) is 0 Å². The first kappa shape index (κ1) is 17.4. The van der Waals surface area contributed by atoms with Crippen molar-refractivity contribution in [3.8, 4) is 0 Å². The molecule has 0 bridgehead atoms. The zero-order valence-electron chi connectivity index (χ0n) is 15.4. The number of nitrogens with zero attached hydrogens (tertiary/aromatic N) is 1. The molecule has 2 aromatic rings. The fourth-order valence-corrected chi connectivity index (χ4v) is 3.24. The highest BCUT2D eigenvalue weighted by Crippen LogP contribution is 2.58. The molecule has 0 radical (unpaired) electrons. The van der Waals surface area contributed by atoms with Crippen molar-refractivity contribution in [1.29, 1.82) is 0 Å². The summed E-state index contributed by atoms with van der Waals surface area (Å²) in [5, 5.41) is 4.33. The summed E-state index contributed by atoms with van der Waals surface area (Å²) in [7, 11) is 0. The summed E-state index contributed by atoms with van der Waals surface area (Å²) in [6.07, 6.45) is 0.816. The van der Waals surface area contributed by atoms with Crippen molar-refractivity contribution in [1.82, 2.24) is 5.43 Å². The van der Waals surface area contributed by atoms with Crippen molar-refractivity contribution in [2.75, 3.05) is 0 Å². The van der Waals surface area contributed by atoms with Gasteiger partial charge in [0.25, 0.3) is 0 Å². The van der Waals surface area contributed by atoms with Gasteiger partial charge in [-0.1, -0.05) is 81.4 Å². The van der Waals surface area contributed by atoms with Crippen LogP contribution in [0.5, 0.6) is 0 Å². The third kappa shape index (κ3) is 3.37. The molecular formula is C22H26N2O. The Labute approximate surface area is 150 Å². The Morgan fingerprint density at radius 1 is 1.00 bits per heavy atom. The summed E-state index contributed by atoms with van der Waals surface area (Å²) in [5.41, 5.74) is 5.81. The molecule has 1 N–H and O–H groups in total. The van der Waals surface area contributed by atoms with Crippen molar-refractivity contribution in [2.45, 2.75) is 39.5 Å². The van der Waals surface area contributed by atoms with Crippen LogP contribution in [-0.4, -0.2) is 11.6 Å². The molecule has 1 fully saturated rings.